The molecule has 0 aromatic heterocycles. The average Bonchev–Trinajstić information content (AvgIpc) is 2.15. The molecule has 0 fully saturated rings. The highest BCUT2D eigenvalue weighted by atomic mass is 19.4. The highest BCUT2D eigenvalue weighted by molar-refractivity contribution is 5.71. The van der Waals surface area contributed by atoms with Gasteiger partial charge in [0.2, 0.25) is 0 Å². The van der Waals surface area contributed by atoms with Crippen LogP contribution in [0.15, 0.2) is 30.5 Å². The molecule has 0 atom stereocenters. The molecule has 0 amide bonds. The monoisotopic (exact) mass is 230 g/mol. The van der Waals surface area contributed by atoms with Gasteiger partial charge in [-0.2, -0.15) is 13.2 Å². The Morgan fingerprint density at radius 3 is 2.31 bits per heavy atom. The quantitative estimate of drug-likeness (QED) is 0.827. The number of hydrogen-bond acceptors (Lipinski definition) is 2. The summed E-state index contributed by atoms with van der Waals surface area (Å²) >= 11 is 0. The van der Waals surface area contributed by atoms with Gasteiger partial charge in [-0.05, 0) is 25.1 Å². The number of halogens is 3. The van der Waals surface area contributed by atoms with E-state index >= 15 is 0 Å². The van der Waals surface area contributed by atoms with Crippen molar-refractivity contribution in [2.45, 2.75) is 13.1 Å². The minimum atomic E-state index is -4.33. The second kappa shape index (κ2) is 4.47. The van der Waals surface area contributed by atoms with E-state index in [0.29, 0.717) is 17.1 Å². The maximum Gasteiger partial charge on any atom is 0.416 e. The molecule has 0 saturated heterocycles. The van der Waals surface area contributed by atoms with E-state index < -0.39 is 11.7 Å². The maximum atomic E-state index is 12.4. The zero-order valence-corrected chi connectivity index (χ0v) is 9.07. The van der Waals surface area contributed by atoms with Gasteiger partial charge in [0.1, 0.15) is 0 Å². The molecule has 0 aliphatic heterocycles. The predicted octanol–water partition coefficient (Wildman–Crippen LogP) is 3.69. The molecule has 1 rings (SSSR count). The Hall–Kier alpha value is -1.65. The third-order valence-corrected chi connectivity index (χ3v) is 1.96. The second-order valence-corrected chi connectivity index (χ2v) is 3.41. The van der Waals surface area contributed by atoms with Crippen LogP contribution in [0.5, 0.6) is 0 Å². The van der Waals surface area contributed by atoms with E-state index in [2.05, 4.69) is 17.2 Å². The summed E-state index contributed by atoms with van der Waals surface area (Å²) in [4.78, 5) is 0. The largest absolute Gasteiger partial charge is 0.416 e. The normalized spacial score (nSPS) is 11.1. The molecule has 0 saturated carbocycles. The van der Waals surface area contributed by atoms with Gasteiger partial charge in [-0.25, -0.2) is 0 Å². The zero-order chi connectivity index (χ0) is 12.3. The Morgan fingerprint density at radius 1 is 1.25 bits per heavy atom. The van der Waals surface area contributed by atoms with E-state index in [9.17, 15) is 13.2 Å². The van der Waals surface area contributed by atoms with Crippen LogP contribution in [0.4, 0.5) is 24.5 Å². The lowest BCUT2D eigenvalue weighted by Gasteiger charge is -2.14. The van der Waals surface area contributed by atoms with Gasteiger partial charge < -0.3 is 10.6 Å². The Bertz CT molecular complexity index is 397. The van der Waals surface area contributed by atoms with Crippen LogP contribution < -0.4 is 10.6 Å². The van der Waals surface area contributed by atoms with Gasteiger partial charge in [-0.15, -0.1) is 0 Å². The minimum absolute atomic E-state index is 0.387. The fourth-order valence-corrected chi connectivity index (χ4v) is 1.27. The Kier molecular flexibility index (Phi) is 3.47. The summed E-state index contributed by atoms with van der Waals surface area (Å²) in [6.07, 6.45) is -4.33. The molecule has 2 nitrogen and oxygen atoms in total. The summed E-state index contributed by atoms with van der Waals surface area (Å²) in [5.41, 5.74) is 0.946. The molecule has 88 valence electrons. The number of allylic oxidation sites excluding steroid dienone is 1. The van der Waals surface area contributed by atoms with Crippen LogP contribution in [0.1, 0.15) is 12.5 Å². The number of alkyl halides is 3. The summed E-state index contributed by atoms with van der Waals surface area (Å²) in [6, 6.07) is 3.47. The van der Waals surface area contributed by atoms with E-state index in [-0.39, 0.29) is 0 Å². The lowest BCUT2D eigenvalue weighted by Crippen LogP contribution is -2.07. The first-order valence-corrected chi connectivity index (χ1v) is 4.66. The molecule has 1 aromatic carbocycles. The topological polar surface area (TPSA) is 24.1 Å². The molecule has 16 heavy (non-hydrogen) atoms. The lowest BCUT2D eigenvalue weighted by molar-refractivity contribution is -0.137. The minimum Gasteiger partial charge on any atom is -0.386 e. The van der Waals surface area contributed by atoms with Crippen molar-refractivity contribution in [3.8, 4) is 0 Å². The summed E-state index contributed by atoms with van der Waals surface area (Å²) in [5.74, 6) is 0. The van der Waals surface area contributed by atoms with Crippen molar-refractivity contribution in [2.75, 3.05) is 17.7 Å². The Balaban J connectivity index is 3.11. The summed E-state index contributed by atoms with van der Waals surface area (Å²) in [6.45, 7) is 5.37. The fraction of sp³-hybridized carbons (Fsp3) is 0.273. The number of anilines is 2. The number of nitrogens with one attached hydrogen (secondary N) is 2. The highest BCUT2D eigenvalue weighted by Crippen LogP contribution is 2.34. The SMILES string of the molecule is C=C(C)Nc1ccc(C(F)(F)F)cc1NC. The smallest absolute Gasteiger partial charge is 0.386 e. The third-order valence-electron chi connectivity index (χ3n) is 1.96. The zero-order valence-electron chi connectivity index (χ0n) is 9.07. The van der Waals surface area contributed by atoms with Crippen LogP contribution in [0, 0.1) is 0 Å². The third kappa shape index (κ3) is 2.92. The molecule has 0 heterocycles. The van der Waals surface area contributed by atoms with Crippen LogP contribution in [-0.2, 0) is 6.18 Å². The summed E-state index contributed by atoms with van der Waals surface area (Å²) in [5, 5.41) is 5.59. The van der Waals surface area contributed by atoms with Gasteiger partial charge >= 0.3 is 6.18 Å². The van der Waals surface area contributed by atoms with E-state index in [1.54, 1.807) is 14.0 Å². The van der Waals surface area contributed by atoms with Crippen molar-refractivity contribution in [2.24, 2.45) is 0 Å². The molecule has 0 radical (unpaired) electrons. The van der Waals surface area contributed by atoms with Crippen LogP contribution in [0.25, 0.3) is 0 Å². The standard InChI is InChI=1S/C11H13F3N2/c1-7(2)16-9-5-4-8(11(12,13)14)6-10(9)15-3/h4-6,15-16H,1H2,2-3H3. The van der Waals surface area contributed by atoms with Crippen LogP contribution in [-0.4, -0.2) is 7.05 Å². The van der Waals surface area contributed by atoms with Crippen LogP contribution >= 0.6 is 0 Å². The van der Waals surface area contributed by atoms with E-state index in [1.807, 2.05) is 0 Å². The van der Waals surface area contributed by atoms with Crippen molar-refractivity contribution in [1.29, 1.82) is 0 Å². The van der Waals surface area contributed by atoms with Crippen molar-refractivity contribution in [3.05, 3.63) is 36.0 Å². The average molecular weight is 230 g/mol. The van der Waals surface area contributed by atoms with Gasteiger partial charge in [-0.3, -0.25) is 0 Å². The first-order chi connectivity index (χ1) is 7.34. The van der Waals surface area contributed by atoms with Gasteiger partial charge in [0, 0.05) is 12.7 Å². The molecule has 0 aliphatic carbocycles. The van der Waals surface area contributed by atoms with E-state index in [0.717, 1.165) is 12.1 Å². The summed E-state index contributed by atoms with van der Waals surface area (Å²) < 4.78 is 37.3. The highest BCUT2D eigenvalue weighted by Gasteiger charge is 2.30. The first kappa shape index (κ1) is 12.4. The van der Waals surface area contributed by atoms with E-state index in [4.69, 9.17) is 0 Å². The molecule has 0 unspecified atom stereocenters. The lowest BCUT2D eigenvalue weighted by atomic mass is 10.1. The predicted molar refractivity (Wildman–Crippen MR) is 59.4 cm³/mol. The molecule has 0 aliphatic rings. The van der Waals surface area contributed by atoms with Crippen molar-refractivity contribution < 1.29 is 13.2 Å². The van der Waals surface area contributed by atoms with Crippen molar-refractivity contribution >= 4 is 11.4 Å². The fourth-order valence-electron chi connectivity index (χ4n) is 1.27. The molecule has 0 spiro atoms. The molecule has 0 bridgehead atoms. The Morgan fingerprint density at radius 2 is 1.88 bits per heavy atom. The van der Waals surface area contributed by atoms with Crippen molar-refractivity contribution in [1.82, 2.24) is 0 Å². The van der Waals surface area contributed by atoms with Gasteiger partial charge in [0.15, 0.2) is 0 Å². The van der Waals surface area contributed by atoms with Gasteiger partial charge in [-0.1, -0.05) is 6.58 Å². The molecular weight excluding hydrogens is 217 g/mol. The molecular formula is C11H13F3N2. The number of rotatable bonds is 3. The van der Waals surface area contributed by atoms with Crippen LogP contribution in [0.2, 0.25) is 0 Å². The Labute approximate surface area is 92.2 Å². The first-order valence-electron chi connectivity index (χ1n) is 4.66. The molecule has 5 heteroatoms. The second-order valence-electron chi connectivity index (χ2n) is 3.41. The van der Waals surface area contributed by atoms with Gasteiger partial charge in [0.25, 0.3) is 0 Å². The molecule has 2 N–H and O–H groups in total. The molecule has 1 aromatic rings. The summed E-state index contributed by atoms with van der Waals surface area (Å²) in [7, 11) is 1.57. The maximum absolute atomic E-state index is 12.4. The van der Waals surface area contributed by atoms with Crippen LogP contribution in [0.3, 0.4) is 0 Å². The van der Waals surface area contributed by atoms with Gasteiger partial charge in [0.05, 0.1) is 16.9 Å². The number of benzene rings is 1. The number of hydrogen-bond donors (Lipinski definition) is 2. The van der Waals surface area contributed by atoms with E-state index in [1.165, 1.54) is 6.07 Å². The van der Waals surface area contributed by atoms with Crippen molar-refractivity contribution in [3.63, 3.8) is 0 Å².